The lowest BCUT2D eigenvalue weighted by Gasteiger charge is -2.36. The summed E-state index contributed by atoms with van der Waals surface area (Å²) >= 11 is 0. The fraction of sp³-hybridized carbons (Fsp3) is 0.333. The third-order valence-electron chi connectivity index (χ3n) is 5.33. The van der Waals surface area contributed by atoms with Crippen LogP contribution in [0.5, 0.6) is 11.5 Å². The van der Waals surface area contributed by atoms with Crippen molar-refractivity contribution in [1.29, 1.82) is 0 Å². The maximum Gasteiger partial charge on any atom is 0.254 e. The first kappa shape index (κ1) is 19.2. The highest BCUT2D eigenvalue weighted by Crippen LogP contribution is 2.36. The topological polar surface area (TPSA) is 93.9 Å². The number of fused-ring (bicyclic) bond motifs is 1. The second kappa shape index (κ2) is 8.08. The SMILES string of the molecule is NC(=O)C(c1ccc2c(c1)OCO2)N1CCC(NC(=O)c2ccccc2F)CC1. The van der Waals surface area contributed by atoms with E-state index in [2.05, 4.69) is 5.32 Å². The molecule has 0 saturated carbocycles. The lowest BCUT2D eigenvalue weighted by molar-refractivity contribution is -0.124. The number of nitrogens with two attached hydrogens (primary N) is 1. The van der Waals surface area contributed by atoms with Gasteiger partial charge in [0.1, 0.15) is 11.9 Å². The average molecular weight is 399 g/mol. The number of primary amides is 1. The number of nitrogens with one attached hydrogen (secondary N) is 1. The zero-order valence-electron chi connectivity index (χ0n) is 15.8. The number of hydrogen-bond acceptors (Lipinski definition) is 5. The minimum Gasteiger partial charge on any atom is -0.454 e. The fourth-order valence-corrected chi connectivity index (χ4v) is 3.85. The average Bonchev–Trinajstić information content (AvgIpc) is 3.17. The molecule has 1 fully saturated rings. The molecule has 2 aliphatic heterocycles. The molecular formula is C21H22FN3O4. The van der Waals surface area contributed by atoms with Crippen LogP contribution in [0.4, 0.5) is 4.39 Å². The highest BCUT2D eigenvalue weighted by molar-refractivity contribution is 5.94. The summed E-state index contributed by atoms with van der Waals surface area (Å²) < 4.78 is 24.5. The molecule has 2 aromatic carbocycles. The molecule has 0 aliphatic carbocycles. The molecule has 8 heteroatoms. The number of halogens is 1. The van der Waals surface area contributed by atoms with E-state index in [1.54, 1.807) is 24.3 Å². The van der Waals surface area contributed by atoms with Crippen molar-refractivity contribution in [1.82, 2.24) is 10.2 Å². The number of rotatable bonds is 5. The van der Waals surface area contributed by atoms with E-state index < -0.39 is 23.7 Å². The molecule has 0 aromatic heterocycles. The summed E-state index contributed by atoms with van der Waals surface area (Å²) in [5, 5.41) is 2.88. The van der Waals surface area contributed by atoms with Crippen LogP contribution in [-0.4, -0.2) is 42.6 Å². The number of piperidine rings is 1. The van der Waals surface area contributed by atoms with Gasteiger partial charge in [-0.25, -0.2) is 4.39 Å². The smallest absolute Gasteiger partial charge is 0.254 e. The van der Waals surface area contributed by atoms with E-state index in [0.29, 0.717) is 37.4 Å². The number of ether oxygens (including phenoxy) is 2. The van der Waals surface area contributed by atoms with Crippen molar-refractivity contribution in [3.05, 3.63) is 59.4 Å². The van der Waals surface area contributed by atoms with Crippen molar-refractivity contribution in [2.24, 2.45) is 5.73 Å². The van der Waals surface area contributed by atoms with Crippen molar-refractivity contribution < 1.29 is 23.5 Å². The highest BCUT2D eigenvalue weighted by Gasteiger charge is 2.31. The third-order valence-corrected chi connectivity index (χ3v) is 5.33. The number of carbonyl (C=O) groups excluding carboxylic acids is 2. The molecule has 0 spiro atoms. The maximum atomic E-state index is 13.8. The Morgan fingerprint density at radius 3 is 2.55 bits per heavy atom. The molecule has 2 amide bonds. The molecule has 1 atom stereocenters. The van der Waals surface area contributed by atoms with Gasteiger partial charge in [0.2, 0.25) is 12.7 Å². The number of nitrogens with zero attached hydrogens (tertiary/aromatic N) is 1. The summed E-state index contributed by atoms with van der Waals surface area (Å²) in [4.78, 5) is 26.5. The highest BCUT2D eigenvalue weighted by atomic mass is 19.1. The van der Waals surface area contributed by atoms with E-state index in [4.69, 9.17) is 15.2 Å². The summed E-state index contributed by atoms with van der Waals surface area (Å²) in [5.41, 5.74) is 6.47. The van der Waals surface area contributed by atoms with E-state index >= 15 is 0 Å². The van der Waals surface area contributed by atoms with Gasteiger partial charge in [-0.15, -0.1) is 0 Å². The predicted molar refractivity (Wildman–Crippen MR) is 103 cm³/mol. The van der Waals surface area contributed by atoms with Gasteiger partial charge in [-0.2, -0.15) is 0 Å². The molecule has 29 heavy (non-hydrogen) atoms. The molecule has 7 nitrogen and oxygen atoms in total. The largest absolute Gasteiger partial charge is 0.454 e. The van der Waals surface area contributed by atoms with Gasteiger partial charge in [-0.05, 0) is 42.7 Å². The van der Waals surface area contributed by atoms with Crippen LogP contribution in [0.1, 0.15) is 34.8 Å². The molecule has 2 aromatic rings. The summed E-state index contributed by atoms with van der Waals surface area (Å²) in [6.07, 6.45) is 1.27. The Labute approximate surface area is 167 Å². The van der Waals surface area contributed by atoms with Gasteiger partial charge in [0.25, 0.3) is 5.91 Å². The Kier molecular flexibility index (Phi) is 5.35. The van der Waals surface area contributed by atoms with Gasteiger partial charge in [-0.3, -0.25) is 14.5 Å². The van der Waals surface area contributed by atoms with Crippen molar-refractivity contribution in [2.75, 3.05) is 19.9 Å². The first-order valence-corrected chi connectivity index (χ1v) is 9.51. The van der Waals surface area contributed by atoms with E-state index in [1.807, 2.05) is 11.0 Å². The standard InChI is InChI=1S/C21H22FN3O4/c22-16-4-2-1-3-15(16)21(27)24-14-7-9-25(10-8-14)19(20(23)26)13-5-6-17-18(11-13)29-12-28-17/h1-6,11,14,19H,7-10,12H2,(H2,23,26)(H,24,27). The molecule has 1 unspecified atom stereocenters. The van der Waals surface area contributed by atoms with Crippen LogP contribution in [0, 0.1) is 5.82 Å². The number of hydrogen-bond donors (Lipinski definition) is 2. The minimum atomic E-state index is -0.590. The van der Waals surface area contributed by atoms with Crippen LogP contribution in [-0.2, 0) is 4.79 Å². The normalized spacial score (nSPS) is 17.7. The number of amides is 2. The van der Waals surface area contributed by atoms with Gasteiger partial charge in [0.15, 0.2) is 11.5 Å². The van der Waals surface area contributed by atoms with Gasteiger partial charge >= 0.3 is 0 Å². The van der Waals surface area contributed by atoms with Crippen LogP contribution in [0.15, 0.2) is 42.5 Å². The van der Waals surface area contributed by atoms with Gasteiger partial charge < -0.3 is 20.5 Å². The molecular weight excluding hydrogens is 377 g/mol. The molecule has 2 aliphatic rings. The molecule has 152 valence electrons. The molecule has 2 heterocycles. The second-order valence-electron chi connectivity index (χ2n) is 7.18. The van der Waals surface area contributed by atoms with E-state index in [9.17, 15) is 14.0 Å². The summed E-state index contributed by atoms with van der Waals surface area (Å²) in [7, 11) is 0. The van der Waals surface area contributed by atoms with Crippen LogP contribution in [0.2, 0.25) is 0 Å². The Morgan fingerprint density at radius 1 is 1.10 bits per heavy atom. The van der Waals surface area contributed by atoms with E-state index in [1.165, 1.54) is 12.1 Å². The van der Waals surface area contributed by atoms with Crippen LogP contribution < -0.4 is 20.5 Å². The molecule has 1 saturated heterocycles. The van der Waals surface area contributed by atoms with Crippen LogP contribution >= 0.6 is 0 Å². The van der Waals surface area contributed by atoms with Crippen molar-refractivity contribution >= 4 is 11.8 Å². The Hall–Kier alpha value is -3.13. The van der Waals surface area contributed by atoms with Gasteiger partial charge in [-0.1, -0.05) is 18.2 Å². The molecule has 0 radical (unpaired) electrons. The third kappa shape index (κ3) is 4.02. The number of carbonyl (C=O) groups is 2. The second-order valence-corrected chi connectivity index (χ2v) is 7.18. The summed E-state index contributed by atoms with van der Waals surface area (Å²) in [5.74, 6) is -0.173. The quantitative estimate of drug-likeness (QED) is 0.802. The molecule has 0 bridgehead atoms. The lowest BCUT2D eigenvalue weighted by Crippen LogP contribution is -2.48. The summed E-state index contributed by atoms with van der Waals surface area (Å²) in [6, 6.07) is 10.6. The van der Waals surface area contributed by atoms with Gasteiger partial charge in [0.05, 0.1) is 5.56 Å². The lowest BCUT2D eigenvalue weighted by atomic mass is 9.98. The molecule has 4 rings (SSSR count). The Morgan fingerprint density at radius 2 is 1.83 bits per heavy atom. The van der Waals surface area contributed by atoms with E-state index in [0.717, 1.165) is 5.56 Å². The fourth-order valence-electron chi connectivity index (χ4n) is 3.85. The predicted octanol–water partition coefficient (Wildman–Crippen LogP) is 1.98. The Balaban J connectivity index is 1.40. The summed E-state index contributed by atoms with van der Waals surface area (Å²) in [6.45, 7) is 1.31. The van der Waals surface area contributed by atoms with Crippen molar-refractivity contribution in [3.63, 3.8) is 0 Å². The zero-order chi connectivity index (χ0) is 20.4. The first-order chi connectivity index (χ1) is 14.0. The maximum absolute atomic E-state index is 13.8. The van der Waals surface area contributed by atoms with Crippen LogP contribution in [0.25, 0.3) is 0 Å². The van der Waals surface area contributed by atoms with Crippen molar-refractivity contribution in [2.45, 2.75) is 24.9 Å². The first-order valence-electron chi connectivity index (χ1n) is 9.51. The zero-order valence-corrected chi connectivity index (χ0v) is 15.8. The molecule has 3 N–H and O–H groups in total. The monoisotopic (exact) mass is 399 g/mol. The van der Waals surface area contributed by atoms with Crippen LogP contribution in [0.3, 0.4) is 0 Å². The number of likely N-dealkylation sites (tertiary alicyclic amines) is 1. The van der Waals surface area contributed by atoms with E-state index in [-0.39, 0.29) is 18.4 Å². The number of benzene rings is 2. The Bertz CT molecular complexity index is 928. The van der Waals surface area contributed by atoms with Crippen molar-refractivity contribution in [3.8, 4) is 11.5 Å². The van der Waals surface area contributed by atoms with Gasteiger partial charge in [0, 0.05) is 19.1 Å². The minimum absolute atomic E-state index is 0.0327.